The fourth-order valence-corrected chi connectivity index (χ4v) is 4.03. The molecule has 3 aromatic rings. The normalized spacial score (nSPS) is 18.0. The van der Waals surface area contributed by atoms with Gasteiger partial charge in [-0.2, -0.15) is 0 Å². The molecule has 122 valence electrons. The Bertz CT molecular complexity index is 913. The van der Waals surface area contributed by atoms with E-state index in [1.165, 1.54) is 29.8 Å². The molecule has 1 aliphatic carbocycles. The predicted octanol–water partition coefficient (Wildman–Crippen LogP) is 3.98. The first kappa shape index (κ1) is 14.4. The zero-order valence-corrected chi connectivity index (χ0v) is 14.2. The summed E-state index contributed by atoms with van der Waals surface area (Å²) in [7, 11) is 0. The maximum absolute atomic E-state index is 6.31. The fourth-order valence-electron chi connectivity index (χ4n) is 3.78. The summed E-state index contributed by atoms with van der Waals surface area (Å²) in [5.74, 6) is 0. The van der Waals surface area contributed by atoms with Crippen molar-refractivity contribution in [2.24, 2.45) is 0 Å². The molecule has 5 rings (SSSR count). The molecule has 1 aromatic carbocycles. The maximum Gasteiger partial charge on any atom is 0.0954 e. The summed E-state index contributed by atoms with van der Waals surface area (Å²) in [6, 6.07) is 8.78. The molecule has 0 amide bonds. The third kappa shape index (κ3) is 2.50. The minimum atomic E-state index is 0.717. The standard InChI is InChI=1S/C19H19ClN4/c20-15-8-13-2-1-6-21-19(13)14(9-15)10-23-7-5-18-17(11-23)22-12-24(18)16-3-4-16/h1-2,6,8-9,12,16H,3-5,7,10-11H2. The van der Waals surface area contributed by atoms with Crippen molar-refractivity contribution >= 4 is 22.5 Å². The van der Waals surface area contributed by atoms with Gasteiger partial charge in [-0.15, -0.1) is 0 Å². The quantitative estimate of drug-likeness (QED) is 0.724. The zero-order valence-electron chi connectivity index (χ0n) is 13.5. The van der Waals surface area contributed by atoms with Crippen LogP contribution >= 0.6 is 11.6 Å². The molecule has 0 bridgehead atoms. The van der Waals surface area contributed by atoms with E-state index in [1.54, 1.807) is 0 Å². The molecule has 2 aromatic heterocycles. The van der Waals surface area contributed by atoms with E-state index in [0.717, 1.165) is 42.0 Å². The minimum Gasteiger partial charge on any atom is -0.331 e. The van der Waals surface area contributed by atoms with E-state index < -0.39 is 0 Å². The van der Waals surface area contributed by atoms with E-state index in [9.17, 15) is 0 Å². The summed E-state index contributed by atoms with van der Waals surface area (Å²) in [5.41, 5.74) is 4.94. The van der Waals surface area contributed by atoms with Crippen LogP contribution in [0, 0.1) is 0 Å². The van der Waals surface area contributed by atoms with Crippen molar-refractivity contribution in [3.8, 4) is 0 Å². The topological polar surface area (TPSA) is 34.0 Å². The van der Waals surface area contributed by atoms with E-state index in [4.69, 9.17) is 11.6 Å². The first-order valence-corrected chi connectivity index (χ1v) is 8.96. The van der Waals surface area contributed by atoms with Crippen molar-refractivity contribution in [1.29, 1.82) is 0 Å². The Labute approximate surface area is 146 Å². The summed E-state index contributed by atoms with van der Waals surface area (Å²) in [4.78, 5) is 11.7. The van der Waals surface area contributed by atoms with Crippen LogP contribution in [0.3, 0.4) is 0 Å². The highest BCUT2D eigenvalue weighted by atomic mass is 35.5. The lowest BCUT2D eigenvalue weighted by Gasteiger charge is -2.27. The van der Waals surface area contributed by atoms with Gasteiger partial charge in [-0.1, -0.05) is 17.7 Å². The van der Waals surface area contributed by atoms with Gasteiger partial charge in [0.15, 0.2) is 0 Å². The molecular weight excluding hydrogens is 320 g/mol. The van der Waals surface area contributed by atoms with E-state index in [1.807, 2.05) is 24.7 Å². The summed E-state index contributed by atoms with van der Waals surface area (Å²) in [6.45, 7) is 2.84. The van der Waals surface area contributed by atoms with E-state index in [0.29, 0.717) is 6.04 Å². The van der Waals surface area contributed by atoms with Crippen LogP contribution in [0.4, 0.5) is 0 Å². The number of rotatable bonds is 3. The summed E-state index contributed by atoms with van der Waals surface area (Å²) in [5, 5.41) is 1.89. The monoisotopic (exact) mass is 338 g/mol. The summed E-state index contributed by atoms with van der Waals surface area (Å²) in [6.07, 6.45) is 7.60. The van der Waals surface area contributed by atoms with Crippen LogP contribution < -0.4 is 0 Å². The van der Waals surface area contributed by atoms with E-state index in [-0.39, 0.29) is 0 Å². The fraction of sp³-hybridized carbons (Fsp3) is 0.368. The number of imidazole rings is 1. The lowest BCUT2D eigenvalue weighted by Crippen LogP contribution is -2.31. The number of aromatic nitrogens is 3. The molecule has 0 radical (unpaired) electrons. The second-order valence-electron chi connectivity index (χ2n) is 6.88. The van der Waals surface area contributed by atoms with Gasteiger partial charge in [0, 0.05) is 54.4 Å². The molecule has 0 spiro atoms. The smallest absolute Gasteiger partial charge is 0.0954 e. The first-order chi connectivity index (χ1) is 11.8. The van der Waals surface area contributed by atoms with Crippen LogP contribution in [0.5, 0.6) is 0 Å². The summed E-state index contributed by atoms with van der Waals surface area (Å²) >= 11 is 6.31. The lowest BCUT2D eigenvalue weighted by molar-refractivity contribution is 0.240. The van der Waals surface area contributed by atoms with Crippen molar-refractivity contribution in [2.45, 2.75) is 38.4 Å². The average Bonchev–Trinajstić information content (AvgIpc) is 3.34. The van der Waals surface area contributed by atoms with Gasteiger partial charge in [-0.25, -0.2) is 4.98 Å². The predicted molar refractivity (Wildman–Crippen MR) is 95.1 cm³/mol. The largest absolute Gasteiger partial charge is 0.331 e. The molecule has 1 saturated carbocycles. The Morgan fingerprint density at radius 2 is 2.12 bits per heavy atom. The number of hydrogen-bond acceptors (Lipinski definition) is 3. The Balaban J connectivity index is 1.42. The van der Waals surface area contributed by atoms with Gasteiger partial charge in [-0.3, -0.25) is 9.88 Å². The second kappa shape index (κ2) is 5.57. The molecule has 3 heterocycles. The molecule has 1 aliphatic heterocycles. The van der Waals surface area contributed by atoms with E-state index >= 15 is 0 Å². The van der Waals surface area contributed by atoms with Crippen molar-refractivity contribution in [1.82, 2.24) is 19.4 Å². The molecule has 5 heteroatoms. The zero-order chi connectivity index (χ0) is 16.1. The van der Waals surface area contributed by atoms with Gasteiger partial charge in [0.2, 0.25) is 0 Å². The maximum atomic E-state index is 6.31. The minimum absolute atomic E-state index is 0.717. The number of nitrogens with zero attached hydrogens (tertiary/aromatic N) is 4. The molecule has 24 heavy (non-hydrogen) atoms. The Hall–Kier alpha value is -1.91. The van der Waals surface area contributed by atoms with Crippen LogP contribution in [-0.4, -0.2) is 26.0 Å². The Kier molecular flexibility index (Phi) is 3.35. The van der Waals surface area contributed by atoms with Crippen LogP contribution in [0.2, 0.25) is 5.02 Å². The Morgan fingerprint density at radius 3 is 3.00 bits per heavy atom. The van der Waals surface area contributed by atoms with Gasteiger partial charge in [0.25, 0.3) is 0 Å². The third-order valence-electron chi connectivity index (χ3n) is 5.10. The average molecular weight is 339 g/mol. The molecular formula is C19H19ClN4. The van der Waals surface area contributed by atoms with Gasteiger partial charge in [0.05, 0.1) is 17.5 Å². The second-order valence-corrected chi connectivity index (χ2v) is 7.31. The molecule has 4 nitrogen and oxygen atoms in total. The van der Waals surface area contributed by atoms with Crippen molar-refractivity contribution in [3.63, 3.8) is 0 Å². The van der Waals surface area contributed by atoms with Crippen molar-refractivity contribution in [2.75, 3.05) is 6.54 Å². The number of halogens is 1. The van der Waals surface area contributed by atoms with Gasteiger partial charge in [-0.05, 0) is 36.6 Å². The van der Waals surface area contributed by atoms with Gasteiger partial charge in [0.1, 0.15) is 0 Å². The van der Waals surface area contributed by atoms with Crippen LogP contribution in [0.25, 0.3) is 10.9 Å². The number of pyridine rings is 1. The third-order valence-corrected chi connectivity index (χ3v) is 5.32. The Morgan fingerprint density at radius 1 is 1.21 bits per heavy atom. The highest BCUT2D eigenvalue weighted by molar-refractivity contribution is 6.31. The van der Waals surface area contributed by atoms with Crippen LogP contribution in [-0.2, 0) is 19.5 Å². The highest BCUT2D eigenvalue weighted by Crippen LogP contribution is 2.37. The van der Waals surface area contributed by atoms with Crippen LogP contribution in [0.15, 0.2) is 36.8 Å². The molecule has 1 fully saturated rings. The molecule has 0 N–H and O–H groups in total. The molecule has 0 saturated heterocycles. The van der Waals surface area contributed by atoms with Crippen LogP contribution in [0.1, 0.15) is 35.8 Å². The van der Waals surface area contributed by atoms with E-state index in [2.05, 4.69) is 31.6 Å². The number of hydrogen-bond donors (Lipinski definition) is 0. The summed E-state index contributed by atoms with van der Waals surface area (Å²) < 4.78 is 2.41. The van der Waals surface area contributed by atoms with Gasteiger partial charge < -0.3 is 4.57 Å². The highest BCUT2D eigenvalue weighted by Gasteiger charge is 2.29. The first-order valence-electron chi connectivity index (χ1n) is 8.58. The molecule has 0 unspecified atom stereocenters. The van der Waals surface area contributed by atoms with Crippen molar-refractivity contribution in [3.05, 3.63) is 58.8 Å². The molecule has 2 aliphatic rings. The van der Waals surface area contributed by atoms with Crippen molar-refractivity contribution < 1.29 is 0 Å². The number of fused-ring (bicyclic) bond motifs is 2. The lowest BCUT2D eigenvalue weighted by atomic mass is 10.1. The SMILES string of the molecule is Clc1cc(CN2CCc3c(ncn3C3CC3)C2)c2ncccc2c1. The number of benzene rings is 1. The molecule has 0 atom stereocenters. The van der Waals surface area contributed by atoms with Gasteiger partial charge >= 0.3 is 0 Å².